The van der Waals surface area contributed by atoms with Crippen molar-refractivity contribution < 1.29 is 5.11 Å². The van der Waals surface area contributed by atoms with Crippen LogP contribution < -0.4 is 11.1 Å². The zero-order valence-corrected chi connectivity index (χ0v) is 7.51. The monoisotopic (exact) mass is 193 g/mol. The van der Waals surface area contributed by atoms with E-state index < -0.39 is 0 Å². The molecule has 2 aromatic heterocycles. The van der Waals surface area contributed by atoms with E-state index in [0.29, 0.717) is 17.9 Å². The van der Waals surface area contributed by atoms with Crippen LogP contribution in [0.1, 0.15) is 0 Å². The molecule has 0 aliphatic rings. The summed E-state index contributed by atoms with van der Waals surface area (Å²) < 4.78 is 1.60. The summed E-state index contributed by atoms with van der Waals surface area (Å²) in [5.41, 5.74) is 6.81. The van der Waals surface area contributed by atoms with Crippen molar-refractivity contribution >= 4 is 17.2 Å². The van der Waals surface area contributed by atoms with Gasteiger partial charge < -0.3 is 16.2 Å². The smallest absolute Gasteiger partial charge is 0.180 e. The lowest BCUT2D eigenvalue weighted by Crippen LogP contribution is -2.09. The highest BCUT2D eigenvalue weighted by molar-refractivity contribution is 5.65. The Balaban J connectivity index is 2.44. The molecule has 0 aromatic carbocycles. The lowest BCUT2D eigenvalue weighted by molar-refractivity contribution is 0.311. The number of anilines is 2. The second-order valence-electron chi connectivity index (χ2n) is 2.82. The molecule has 0 bridgehead atoms. The largest absolute Gasteiger partial charge is 0.395 e. The van der Waals surface area contributed by atoms with Crippen LogP contribution in [0.2, 0.25) is 0 Å². The molecule has 2 aromatic rings. The number of nitrogens with one attached hydrogen (secondary N) is 1. The Labute approximate surface area is 80.4 Å². The van der Waals surface area contributed by atoms with Crippen LogP contribution >= 0.6 is 0 Å². The predicted molar refractivity (Wildman–Crippen MR) is 53.0 cm³/mol. The Bertz CT molecular complexity index is 438. The molecule has 0 fully saturated rings. The summed E-state index contributed by atoms with van der Waals surface area (Å²) in [4.78, 5) is 4.08. The van der Waals surface area contributed by atoms with Crippen molar-refractivity contribution in [3.8, 4) is 0 Å². The molecule has 74 valence electrons. The highest BCUT2D eigenvalue weighted by Gasteiger charge is 2.04. The van der Waals surface area contributed by atoms with Gasteiger partial charge in [-0.25, -0.2) is 4.98 Å². The first-order valence-electron chi connectivity index (χ1n) is 4.26. The topological polar surface area (TPSA) is 88.5 Å². The molecule has 4 N–H and O–H groups in total. The molecule has 0 aliphatic carbocycles. The molecule has 0 spiro atoms. The predicted octanol–water partition coefficient (Wildman–Crippen LogP) is -0.284. The Kier molecular flexibility index (Phi) is 2.19. The summed E-state index contributed by atoms with van der Waals surface area (Å²) in [6.07, 6.45) is 3.19. The van der Waals surface area contributed by atoms with Crippen molar-refractivity contribution in [3.63, 3.8) is 0 Å². The van der Waals surface area contributed by atoms with Crippen molar-refractivity contribution in [1.29, 1.82) is 0 Å². The highest BCUT2D eigenvalue weighted by Crippen LogP contribution is 2.14. The molecule has 0 atom stereocenters. The van der Waals surface area contributed by atoms with E-state index in [2.05, 4.69) is 15.4 Å². The van der Waals surface area contributed by atoms with E-state index in [0.717, 1.165) is 5.82 Å². The van der Waals surface area contributed by atoms with Crippen molar-refractivity contribution in [2.75, 3.05) is 24.2 Å². The first-order valence-corrected chi connectivity index (χ1v) is 4.26. The molecule has 0 saturated heterocycles. The molecule has 0 aliphatic heterocycles. The van der Waals surface area contributed by atoms with E-state index in [1.165, 1.54) is 0 Å². The van der Waals surface area contributed by atoms with Crippen LogP contribution in [-0.4, -0.2) is 32.9 Å². The fraction of sp³-hybridized carbons (Fsp3) is 0.250. The number of aliphatic hydroxyl groups excluding tert-OH is 1. The molecule has 14 heavy (non-hydrogen) atoms. The normalized spacial score (nSPS) is 10.6. The van der Waals surface area contributed by atoms with Crippen molar-refractivity contribution in [2.45, 2.75) is 0 Å². The molecule has 6 nitrogen and oxygen atoms in total. The van der Waals surface area contributed by atoms with E-state index in [-0.39, 0.29) is 6.61 Å². The minimum atomic E-state index is 0.0700. The summed E-state index contributed by atoms with van der Waals surface area (Å²) in [6, 6.07) is 1.77. The van der Waals surface area contributed by atoms with E-state index in [1.807, 2.05) is 0 Å². The minimum absolute atomic E-state index is 0.0700. The average molecular weight is 193 g/mol. The molecular formula is C8H11N5O. The van der Waals surface area contributed by atoms with Crippen LogP contribution in [0.25, 0.3) is 5.65 Å². The van der Waals surface area contributed by atoms with Gasteiger partial charge in [0.15, 0.2) is 5.65 Å². The Morgan fingerprint density at radius 3 is 3.21 bits per heavy atom. The molecule has 2 rings (SSSR count). The fourth-order valence-corrected chi connectivity index (χ4v) is 1.23. The van der Waals surface area contributed by atoms with Gasteiger partial charge in [-0.2, -0.15) is 9.61 Å². The van der Waals surface area contributed by atoms with E-state index in [1.54, 1.807) is 23.0 Å². The maximum Gasteiger partial charge on any atom is 0.180 e. The van der Waals surface area contributed by atoms with Crippen LogP contribution in [-0.2, 0) is 0 Å². The van der Waals surface area contributed by atoms with Gasteiger partial charge in [-0.15, -0.1) is 0 Å². The van der Waals surface area contributed by atoms with Gasteiger partial charge in [-0.1, -0.05) is 0 Å². The first-order chi connectivity index (χ1) is 6.83. The number of nitrogens with zero attached hydrogens (tertiary/aromatic N) is 3. The number of rotatable bonds is 3. The van der Waals surface area contributed by atoms with Crippen LogP contribution in [0.5, 0.6) is 0 Å². The second kappa shape index (κ2) is 3.51. The van der Waals surface area contributed by atoms with Gasteiger partial charge >= 0.3 is 0 Å². The minimum Gasteiger partial charge on any atom is -0.395 e. The number of nitrogen functional groups attached to an aromatic ring is 1. The van der Waals surface area contributed by atoms with Crippen LogP contribution in [0.3, 0.4) is 0 Å². The summed E-state index contributed by atoms with van der Waals surface area (Å²) in [7, 11) is 0. The SMILES string of the molecule is Nc1cnn2c(NCCO)ccnc12. The number of aromatic nitrogens is 3. The quantitative estimate of drug-likeness (QED) is 0.623. The molecule has 0 amide bonds. The van der Waals surface area contributed by atoms with E-state index in [9.17, 15) is 0 Å². The lowest BCUT2D eigenvalue weighted by Gasteiger charge is -2.05. The molecule has 6 heteroatoms. The van der Waals surface area contributed by atoms with Gasteiger partial charge in [0.2, 0.25) is 0 Å². The number of hydrogen-bond acceptors (Lipinski definition) is 5. The number of hydrogen-bond donors (Lipinski definition) is 3. The van der Waals surface area contributed by atoms with E-state index in [4.69, 9.17) is 10.8 Å². The second-order valence-corrected chi connectivity index (χ2v) is 2.82. The lowest BCUT2D eigenvalue weighted by atomic mass is 10.5. The van der Waals surface area contributed by atoms with Gasteiger partial charge in [-0.3, -0.25) is 0 Å². The molecular weight excluding hydrogens is 182 g/mol. The standard InChI is InChI=1S/C8H11N5O/c9-6-5-12-13-7(10-3-4-14)1-2-11-8(6)13/h1-2,5,10,14H,3-4,9H2. The Morgan fingerprint density at radius 2 is 2.43 bits per heavy atom. The van der Waals surface area contributed by atoms with Gasteiger partial charge in [0, 0.05) is 12.7 Å². The molecule has 0 saturated carbocycles. The van der Waals surface area contributed by atoms with Gasteiger partial charge in [0.1, 0.15) is 5.82 Å². The number of nitrogens with two attached hydrogens (primary N) is 1. The molecule has 2 heterocycles. The summed E-state index contributed by atoms with van der Waals surface area (Å²) in [6.45, 7) is 0.541. The van der Waals surface area contributed by atoms with Gasteiger partial charge in [0.05, 0.1) is 18.5 Å². The zero-order valence-electron chi connectivity index (χ0n) is 7.51. The summed E-state index contributed by atoms with van der Waals surface area (Å²) in [5, 5.41) is 15.7. The van der Waals surface area contributed by atoms with Crippen LogP contribution in [0.4, 0.5) is 11.5 Å². The molecule has 0 radical (unpaired) electrons. The highest BCUT2D eigenvalue weighted by atomic mass is 16.3. The summed E-state index contributed by atoms with van der Waals surface area (Å²) in [5.74, 6) is 0.765. The van der Waals surface area contributed by atoms with Crippen molar-refractivity contribution in [3.05, 3.63) is 18.5 Å². The summed E-state index contributed by atoms with van der Waals surface area (Å²) >= 11 is 0. The van der Waals surface area contributed by atoms with Gasteiger partial charge in [-0.05, 0) is 6.07 Å². The van der Waals surface area contributed by atoms with Crippen LogP contribution in [0.15, 0.2) is 18.5 Å². The number of aliphatic hydroxyl groups is 1. The maximum atomic E-state index is 8.67. The fourth-order valence-electron chi connectivity index (χ4n) is 1.23. The van der Waals surface area contributed by atoms with Crippen LogP contribution in [0, 0.1) is 0 Å². The van der Waals surface area contributed by atoms with Crippen molar-refractivity contribution in [1.82, 2.24) is 14.6 Å². The average Bonchev–Trinajstić information content (AvgIpc) is 2.58. The zero-order chi connectivity index (χ0) is 9.97. The number of fused-ring (bicyclic) bond motifs is 1. The first kappa shape index (κ1) is 8.76. The van der Waals surface area contributed by atoms with Gasteiger partial charge in [0.25, 0.3) is 0 Å². The van der Waals surface area contributed by atoms with E-state index >= 15 is 0 Å². The Morgan fingerprint density at radius 1 is 1.57 bits per heavy atom. The third-order valence-corrected chi connectivity index (χ3v) is 1.85. The molecule has 0 unspecified atom stereocenters. The third kappa shape index (κ3) is 1.35. The third-order valence-electron chi connectivity index (χ3n) is 1.85. The maximum absolute atomic E-state index is 8.67. The van der Waals surface area contributed by atoms with Crippen molar-refractivity contribution in [2.24, 2.45) is 0 Å². The Hall–Kier alpha value is -1.82.